The van der Waals surface area contributed by atoms with Crippen LogP contribution in [-0.4, -0.2) is 19.3 Å². The maximum absolute atomic E-state index is 13.6. The number of halogens is 2. The molecule has 0 saturated heterocycles. The topological polar surface area (TPSA) is 42.5 Å². The zero-order chi connectivity index (χ0) is 16.8. The van der Waals surface area contributed by atoms with Crippen LogP contribution in [0.4, 0.5) is 14.5 Å². The fourth-order valence-electron chi connectivity index (χ4n) is 1.93. The number of benzene rings is 2. The Balaban J connectivity index is 2.03. The first-order chi connectivity index (χ1) is 11.0. The van der Waals surface area contributed by atoms with Gasteiger partial charge >= 0.3 is 0 Å². The Hall–Kier alpha value is -2.41. The molecule has 0 unspecified atom stereocenters. The van der Waals surface area contributed by atoms with Crippen molar-refractivity contribution in [3.8, 4) is 11.5 Å². The molecule has 2 rings (SSSR count). The van der Waals surface area contributed by atoms with E-state index in [-0.39, 0.29) is 17.2 Å². The second kappa shape index (κ2) is 7.73. The number of ether oxygens (including phenoxy) is 2. The molecule has 2 aromatic rings. The molecule has 0 spiro atoms. The number of nitrogens with one attached hydrogen (secondary N) is 2. The van der Waals surface area contributed by atoms with E-state index in [1.807, 2.05) is 0 Å². The summed E-state index contributed by atoms with van der Waals surface area (Å²) in [5.41, 5.74) is 0.788. The van der Waals surface area contributed by atoms with Crippen molar-refractivity contribution in [2.24, 2.45) is 0 Å². The minimum atomic E-state index is -0.503. The van der Waals surface area contributed by atoms with Gasteiger partial charge in [0.2, 0.25) is 0 Å². The van der Waals surface area contributed by atoms with E-state index in [9.17, 15) is 8.78 Å². The van der Waals surface area contributed by atoms with E-state index in [1.165, 1.54) is 7.11 Å². The van der Waals surface area contributed by atoms with Gasteiger partial charge in [-0.15, -0.1) is 0 Å². The first-order valence-corrected chi connectivity index (χ1v) is 7.15. The molecule has 0 heterocycles. The SMILES string of the molecule is COc1ccc(OC)c(NC(=S)NCc2cc(F)ccc2F)c1. The summed E-state index contributed by atoms with van der Waals surface area (Å²) in [6.45, 7) is 0.0573. The van der Waals surface area contributed by atoms with Crippen molar-refractivity contribution in [2.45, 2.75) is 6.54 Å². The summed E-state index contributed by atoms with van der Waals surface area (Å²) < 4.78 is 37.1. The molecule has 0 aliphatic carbocycles. The molecule has 7 heteroatoms. The Morgan fingerprint density at radius 1 is 1.09 bits per heavy atom. The van der Waals surface area contributed by atoms with Crippen molar-refractivity contribution in [1.82, 2.24) is 5.32 Å². The van der Waals surface area contributed by atoms with Crippen LogP contribution >= 0.6 is 12.2 Å². The molecule has 0 radical (unpaired) electrons. The van der Waals surface area contributed by atoms with Gasteiger partial charge in [0.15, 0.2) is 5.11 Å². The zero-order valence-corrected chi connectivity index (χ0v) is 13.5. The molecular weight excluding hydrogens is 322 g/mol. The van der Waals surface area contributed by atoms with Crippen LogP contribution in [-0.2, 0) is 6.54 Å². The minimum absolute atomic E-state index is 0.0573. The molecule has 0 aliphatic rings. The van der Waals surface area contributed by atoms with E-state index in [1.54, 1.807) is 25.3 Å². The van der Waals surface area contributed by atoms with Gasteiger partial charge in [-0.25, -0.2) is 8.78 Å². The standard InChI is InChI=1S/C16H16F2N2O2S/c1-21-12-4-6-15(22-2)14(8-12)20-16(23)19-9-10-7-11(17)3-5-13(10)18/h3-8H,9H2,1-2H3,(H2,19,20,23). The quantitative estimate of drug-likeness (QED) is 0.817. The van der Waals surface area contributed by atoms with E-state index in [0.29, 0.717) is 17.2 Å². The van der Waals surface area contributed by atoms with E-state index in [2.05, 4.69) is 10.6 Å². The number of rotatable bonds is 5. The van der Waals surface area contributed by atoms with E-state index < -0.39 is 11.6 Å². The molecule has 0 amide bonds. The Labute approximate surface area is 138 Å². The second-order valence-corrected chi connectivity index (χ2v) is 5.02. The molecule has 2 N–H and O–H groups in total. The Morgan fingerprint density at radius 3 is 2.57 bits per heavy atom. The maximum Gasteiger partial charge on any atom is 0.171 e. The average molecular weight is 338 g/mol. The average Bonchev–Trinajstić information content (AvgIpc) is 2.55. The highest BCUT2D eigenvalue weighted by Crippen LogP contribution is 2.28. The first kappa shape index (κ1) is 17.0. The van der Waals surface area contributed by atoms with Gasteiger partial charge in [-0.3, -0.25) is 0 Å². The van der Waals surface area contributed by atoms with Gasteiger partial charge in [0.1, 0.15) is 23.1 Å². The molecule has 0 atom stereocenters. The molecular formula is C16H16F2N2O2S. The van der Waals surface area contributed by atoms with Crippen molar-refractivity contribution in [3.05, 3.63) is 53.6 Å². The fraction of sp³-hybridized carbons (Fsp3) is 0.188. The smallest absolute Gasteiger partial charge is 0.171 e. The monoisotopic (exact) mass is 338 g/mol. The number of thiocarbonyl (C=S) groups is 1. The molecule has 23 heavy (non-hydrogen) atoms. The van der Waals surface area contributed by atoms with Gasteiger partial charge in [-0.05, 0) is 42.5 Å². The van der Waals surface area contributed by atoms with Crippen molar-refractivity contribution in [1.29, 1.82) is 0 Å². The van der Waals surface area contributed by atoms with Crippen LogP contribution in [0.25, 0.3) is 0 Å². The summed E-state index contributed by atoms with van der Waals surface area (Å²) in [6, 6.07) is 8.47. The van der Waals surface area contributed by atoms with Crippen LogP contribution in [0, 0.1) is 11.6 Å². The van der Waals surface area contributed by atoms with Crippen molar-refractivity contribution >= 4 is 23.0 Å². The first-order valence-electron chi connectivity index (χ1n) is 6.74. The number of hydrogen-bond acceptors (Lipinski definition) is 3. The van der Waals surface area contributed by atoms with Crippen LogP contribution in [0.3, 0.4) is 0 Å². The molecule has 0 saturated carbocycles. The van der Waals surface area contributed by atoms with E-state index >= 15 is 0 Å². The third-order valence-corrected chi connectivity index (χ3v) is 3.35. The summed E-state index contributed by atoms with van der Waals surface area (Å²) >= 11 is 5.16. The van der Waals surface area contributed by atoms with Crippen molar-refractivity contribution < 1.29 is 18.3 Å². The molecule has 0 aliphatic heterocycles. The Kier molecular flexibility index (Phi) is 5.70. The van der Waals surface area contributed by atoms with Gasteiger partial charge in [-0.2, -0.15) is 0 Å². The van der Waals surface area contributed by atoms with E-state index in [0.717, 1.165) is 18.2 Å². The summed E-state index contributed by atoms with van der Waals surface area (Å²) in [5.74, 6) is 0.205. The van der Waals surface area contributed by atoms with Crippen molar-refractivity contribution in [3.63, 3.8) is 0 Å². The third kappa shape index (κ3) is 4.53. The van der Waals surface area contributed by atoms with Crippen LogP contribution < -0.4 is 20.1 Å². The predicted molar refractivity (Wildman–Crippen MR) is 89.0 cm³/mol. The van der Waals surface area contributed by atoms with Crippen LogP contribution in [0.2, 0.25) is 0 Å². The summed E-state index contributed by atoms with van der Waals surface area (Å²) in [6.07, 6.45) is 0. The zero-order valence-electron chi connectivity index (χ0n) is 12.7. The van der Waals surface area contributed by atoms with Gasteiger partial charge in [0.05, 0.1) is 19.9 Å². The van der Waals surface area contributed by atoms with Crippen LogP contribution in [0.5, 0.6) is 11.5 Å². The van der Waals surface area contributed by atoms with E-state index in [4.69, 9.17) is 21.7 Å². The Morgan fingerprint density at radius 2 is 1.87 bits per heavy atom. The Bertz CT molecular complexity index is 710. The number of anilines is 1. The maximum atomic E-state index is 13.6. The predicted octanol–water partition coefficient (Wildman–Crippen LogP) is 3.47. The number of hydrogen-bond donors (Lipinski definition) is 2. The summed E-state index contributed by atoms with van der Waals surface area (Å²) in [5, 5.41) is 6.01. The lowest BCUT2D eigenvalue weighted by Gasteiger charge is -2.14. The van der Waals surface area contributed by atoms with Crippen LogP contribution in [0.15, 0.2) is 36.4 Å². The molecule has 122 valence electrons. The lowest BCUT2D eigenvalue weighted by molar-refractivity contribution is 0.405. The summed E-state index contributed by atoms with van der Waals surface area (Å²) in [7, 11) is 3.08. The molecule has 0 bridgehead atoms. The minimum Gasteiger partial charge on any atom is -0.497 e. The van der Waals surface area contributed by atoms with Crippen molar-refractivity contribution in [2.75, 3.05) is 19.5 Å². The van der Waals surface area contributed by atoms with Gasteiger partial charge in [0, 0.05) is 18.2 Å². The van der Waals surface area contributed by atoms with Crippen LogP contribution in [0.1, 0.15) is 5.56 Å². The highest BCUT2D eigenvalue weighted by Gasteiger charge is 2.08. The van der Waals surface area contributed by atoms with Gasteiger partial charge in [-0.1, -0.05) is 0 Å². The number of methoxy groups -OCH3 is 2. The highest BCUT2D eigenvalue weighted by molar-refractivity contribution is 7.80. The fourth-order valence-corrected chi connectivity index (χ4v) is 2.11. The molecule has 0 aromatic heterocycles. The summed E-state index contributed by atoms with van der Waals surface area (Å²) in [4.78, 5) is 0. The lowest BCUT2D eigenvalue weighted by atomic mass is 10.2. The molecule has 4 nitrogen and oxygen atoms in total. The molecule has 2 aromatic carbocycles. The second-order valence-electron chi connectivity index (χ2n) is 4.61. The molecule has 0 fully saturated rings. The largest absolute Gasteiger partial charge is 0.497 e. The van der Waals surface area contributed by atoms with Gasteiger partial charge < -0.3 is 20.1 Å². The normalized spacial score (nSPS) is 10.1. The third-order valence-electron chi connectivity index (χ3n) is 3.10. The lowest BCUT2D eigenvalue weighted by Crippen LogP contribution is -2.28. The highest BCUT2D eigenvalue weighted by atomic mass is 32.1. The van der Waals surface area contributed by atoms with Gasteiger partial charge in [0.25, 0.3) is 0 Å².